The molecule has 0 amide bonds. The van der Waals surface area contributed by atoms with Crippen molar-refractivity contribution in [2.75, 3.05) is 0 Å². The molecule has 0 radical (unpaired) electrons. The highest BCUT2D eigenvalue weighted by Crippen LogP contribution is 2.31. The van der Waals surface area contributed by atoms with Crippen LogP contribution in [0, 0.1) is 0 Å². The lowest BCUT2D eigenvalue weighted by molar-refractivity contribution is -0.730. The highest BCUT2D eigenvalue weighted by Gasteiger charge is 2.30. The van der Waals surface area contributed by atoms with Crippen LogP contribution in [-0.4, -0.2) is 6.04 Å². The fourth-order valence-electron chi connectivity index (χ4n) is 3.04. The molecule has 0 fully saturated rings. The van der Waals surface area contributed by atoms with E-state index in [2.05, 4.69) is 66.5 Å². The van der Waals surface area contributed by atoms with Crippen LogP contribution in [0.25, 0.3) is 0 Å². The third-order valence-corrected chi connectivity index (χ3v) is 4.45. The van der Waals surface area contributed by atoms with E-state index in [4.69, 9.17) is 0 Å². The molecular formula is C17H23BrN+. The molecule has 2 atom stereocenters. The average molecular weight is 321 g/mol. The molecule has 2 heteroatoms. The Hall–Kier alpha value is -0.860. The molecular weight excluding hydrogens is 298 g/mol. The summed E-state index contributed by atoms with van der Waals surface area (Å²) in [5.74, 6) is 0. The van der Waals surface area contributed by atoms with Gasteiger partial charge >= 0.3 is 0 Å². The van der Waals surface area contributed by atoms with Crippen molar-refractivity contribution < 1.29 is 5.32 Å². The average Bonchev–Trinajstić information content (AvgIpc) is 2.29. The minimum atomic E-state index is 0.503. The number of fused-ring (bicyclic) bond motifs is 1. The minimum Gasteiger partial charge on any atom is -0.337 e. The van der Waals surface area contributed by atoms with Crippen LogP contribution in [0.1, 0.15) is 43.9 Å². The highest BCUT2D eigenvalue weighted by molar-refractivity contribution is 9.10. The predicted octanol–water partition coefficient (Wildman–Crippen LogP) is 3.91. The van der Waals surface area contributed by atoms with Gasteiger partial charge in [-0.15, -0.1) is 0 Å². The molecule has 0 unspecified atom stereocenters. The third kappa shape index (κ3) is 3.58. The summed E-state index contributed by atoms with van der Waals surface area (Å²) in [4.78, 5) is 0. The number of quaternary nitrogens is 1. The monoisotopic (exact) mass is 320 g/mol. The summed E-state index contributed by atoms with van der Waals surface area (Å²) in [6.07, 6.45) is 3.26. The van der Waals surface area contributed by atoms with Gasteiger partial charge in [-0.1, -0.05) is 52.4 Å². The molecule has 19 heavy (non-hydrogen) atoms. The molecule has 0 saturated heterocycles. The normalized spacial score (nSPS) is 21.8. The van der Waals surface area contributed by atoms with Crippen LogP contribution in [0.15, 0.2) is 47.0 Å². The van der Waals surface area contributed by atoms with Crippen LogP contribution in [0.4, 0.5) is 0 Å². The number of rotatable bonds is 4. The molecule has 0 bridgehead atoms. The minimum absolute atomic E-state index is 0.503. The van der Waals surface area contributed by atoms with Gasteiger partial charge in [0.1, 0.15) is 6.04 Å². The van der Waals surface area contributed by atoms with Crippen molar-refractivity contribution in [2.24, 2.45) is 0 Å². The van der Waals surface area contributed by atoms with Gasteiger partial charge in [0, 0.05) is 29.3 Å². The van der Waals surface area contributed by atoms with Gasteiger partial charge in [0.05, 0.1) is 6.04 Å². The van der Waals surface area contributed by atoms with Crippen molar-refractivity contribution in [3.63, 3.8) is 0 Å². The van der Waals surface area contributed by atoms with Gasteiger partial charge in [0.2, 0.25) is 0 Å². The van der Waals surface area contributed by atoms with Crippen molar-refractivity contribution in [3.8, 4) is 0 Å². The summed E-state index contributed by atoms with van der Waals surface area (Å²) in [7, 11) is 0. The van der Waals surface area contributed by atoms with Crippen molar-refractivity contribution in [2.45, 2.75) is 45.2 Å². The summed E-state index contributed by atoms with van der Waals surface area (Å²) in [5, 5.41) is 2.51. The summed E-state index contributed by atoms with van der Waals surface area (Å²) >= 11 is 3.71. The van der Waals surface area contributed by atoms with Gasteiger partial charge in [0.25, 0.3) is 0 Å². The molecule has 1 heterocycles. The fourth-order valence-corrected chi connectivity index (χ4v) is 3.59. The van der Waals surface area contributed by atoms with Crippen LogP contribution in [0.2, 0.25) is 0 Å². The molecule has 1 nitrogen and oxygen atoms in total. The van der Waals surface area contributed by atoms with Gasteiger partial charge in [-0.05, 0) is 25.5 Å². The summed E-state index contributed by atoms with van der Waals surface area (Å²) < 4.78 is 1.25. The Kier molecular flexibility index (Phi) is 4.64. The SMILES string of the molecule is C=C(C)C[C@@H]1Cc2c(Br)cccc2[C@@H](CC(=C)C)[NH2+]1. The standard InChI is InChI=1S/C17H22BrN/c1-11(2)8-13-10-15-14(6-5-7-16(15)18)17(19-13)9-12(3)4/h5-7,13,17,19H,1,3,8-10H2,2,4H3/p+1/t13-,17-/m1/s1. The van der Waals surface area contributed by atoms with Crippen LogP contribution < -0.4 is 5.32 Å². The van der Waals surface area contributed by atoms with Gasteiger partial charge < -0.3 is 5.32 Å². The zero-order valence-electron chi connectivity index (χ0n) is 11.9. The lowest BCUT2D eigenvalue weighted by atomic mass is 9.86. The van der Waals surface area contributed by atoms with Gasteiger partial charge in [-0.25, -0.2) is 0 Å². The zero-order valence-corrected chi connectivity index (χ0v) is 13.5. The first-order valence-electron chi connectivity index (χ1n) is 6.88. The van der Waals surface area contributed by atoms with Crippen LogP contribution in [-0.2, 0) is 6.42 Å². The summed E-state index contributed by atoms with van der Waals surface area (Å²) in [5.41, 5.74) is 5.46. The topological polar surface area (TPSA) is 16.6 Å². The van der Waals surface area contributed by atoms with E-state index in [0.29, 0.717) is 12.1 Å². The molecule has 1 aromatic carbocycles. The molecule has 2 N–H and O–H groups in total. The van der Waals surface area contributed by atoms with Crippen molar-refractivity contribution in [1.29, 1.82) is 0 Å². The molecule has 0 aliphatic carbocycles. The first-order chi connectivity index (χ1) is 8.97. The molecule has 102 valence electrons. The lowest BCUT2D eigenvalue weighted by Crippen LogP contribution is -2.92. The quantitative estimate of drug-likeness (QED) is 0.810. The summed E-state index contributed by atoms with van der Waals surface area (Å²) in [6.45, 7) is 12.4. The first-order valence-corrected chi connectivity index (χ1v) is 7.67. The molecule has 1 aliphatic rings. The van der Waals surface area contributed by atoms with Crippen LogP contribution >= 0.6 is 15.9 Å². The van der Waals surface area contributed by atoms with E-state index in [0.717, 1.165) is 19.3 Å². The molecule has 0 saturated carbocycles. The molecule has 1 aromatic rings. The number of hydrogen-bond acceptors (Lipinski definition) is 0. The maximum Gasteiger partial charge on any atom is 0.116 e. The lowest BCUT2D eigenvalue weighted by Gasteiger charge is -2.31. The second-order valence-electron chi connectivity index (χ2n) is 5.89. The molecule has 2 rings (SSSR count). The second-order valence-corrected chi connectivity index (χ2v) is 6.75. The van der Waals surface area contributed by atoms with Gasteiger partial charge in [-0.3, -0.25) is 0 Å². The second kappa shape index (κ2) is 6.06. The Morgan fingerprint density at radius 1 is 1.26 bits per heavy atom. The van der Waals surface area contributed by atoms with E-state index < -0.39 is 0 Å². The van der Waals surface area contributed by atoms with Gasteiger partial charge in [-0.2, -0.15) is 0 Å². The maximum atomic E-state index is 4.08. The highest BCUT2D eigenvalue weighted by atomic mass is 79.9. The summed E-state index contributed by atoms with van der Waals surface area (Å²) in [6, 6.07) is 7.67. The van der Waals surface area contributed by atoms with E-state index in [-0.39, 0.29) is 0 Å². The smallest absolute Gasteiger partial charge is 0.116 e. The Bertz CT molecular complexity index is 504. The molecule has 0 aromatic heterocycles. The fraction of sp³-hybridized carbons (Fsp3) is 0.412. The van der Waals surface area contributed by atoms with Crippen LogP contribution in [0.5, 0.6) is 0 Å². The third-order valence-electron chi connectivity index (χ3n) is 3.70. The molecule has 1 aliphatic heterocycles. The Labute approximate surface area is 124 Å². The number of nitrogens with two attached hydrogens (primary N) is 1. The predicted molar refractivity (Wildman–Crippen MR) is 85.2 cm³/mol. The molecule has 0 spiro atoms. The van der Waals surface area contributed by atoms with E-state index in [1.165, 1.54) is 26.7 Å². The number of benzene rings is 1. The Morgan fingerprint density at radius 3 is 2.58 bits per heavy atom. The van der Waals surface area contributed by atoms with Crippen molar-refractivity contribution in [3.05, 3.63) is 58.1 Å². The van der Waals surface area contributed by atoms with Crippen LogP contribution in [0.3, 0.4) is 0 Å². The first kappa shape index (κ1) is 14.5. The van der Waals surface area contributed by atoms with Crippen molar-refractivity contribution in [1.82, 2.24) is 0 Å². The zero-order chi connectivity index (χ0) is 14.0. The Balaban J connectivity index is 2.31. The number of hydrogen-bond donors (Lipinski definition) is 1. The van der Waals surface area contributed by atoms with E-state index in [9.17, 15) is 0 Å². The van der Waals surface area contributed by atoms with E-state index in [1.54, 1.807) is 0 Å². The van der Waals surface area contributed by atoms with E-state index in [1.807, 2.05) is 0 Å². The van der Waals surface area contributed by atoms with Gasteiger partial charge in [0.15, 0.2) is 0 Å². The van der Waals surface area contributed by atoms with Crippen molar-refractivity contribution >= 4 is 15.9 Å². The maximum absolute atomic E-state index is 4.08. The largest absolute Gasteiger partial charge is 0.337 e. The number of halogens is 1. The van der Waals surface area contributed by atoms with E-state index >= 15 is 0 Å². The Morgan fingerprint density at radius 2 is 1.95 bits per heavy atom.